The van der Waals surface area contributed by atoms with Gasteiger partial charge >= 0.3 is 6.18 Å². The van der Waals surface area contributed by atoms with Crippen molar-refractivity contribution < 1.29 is 26.7 Å². The van der Waals surface area contributed by atoms with E-state index >= 15 is 0 Å². The predicted octanol–water partition coefficient (Wildman–Crippen LogP) is 5.66. The number of alkyl halides is 3. The summed E-state index contributed by atoms with van der Waals surface area (Å²) in [4.78, 5) is 12.5. The van der Waals surface area contributed by atoms with E-state index in [0.717, 1.165) is 16.2 Å². The molecule has 2 N–H and O–H groups in total. The van der Waals surface area contributed by atoms with Crippen LogP contribution >= 0.6 is 11.3 Å². The number of aromatic nitrogens is 4. The molecule has 0 aliphatic rings. The van der Waals surface area contributed by atoms with Gasteiger partial charge in [0.15, 0.2) is 0 Å². The van der Waals surface area contributed by atoms with Gasteiger partial charge in [-0.15, -0.1) is 11.3 Å². The number of rotatable bonds is 7. The number of halogens is 3. The van der Waals surface area contributed by atoms with Crippen molar-refractivity contribution >= 4 is 33.0 Å². The lowest BCUT2D eigenvalue weighted by molar-refractivity contribution is -0.141. The molecule has 0 aliphatic carbocycles. The van der Waals surface area contributed by atoms with Crippen LogP contribution in [0.1, 0.15) is 23.2 Å². The highest BCUT2D eigenvalue weighted by atomic mass is 32.2. The molecular weight excluding hydrogens is 551 g/mol. The van der Waals surface area contributed by atoms with Crippen LogP contribution in [-0.4, -0.2) is 32.4 Å². The number of anilines is 2. The molecule has 8 nitrogen and oxygen atoms in total. The standard InChI is InChI=1S/C26H20F3N5O3S2/c1-25(35,18-11-13-34(16-18)39(36,37)20-8-3-2-4-9-20)23-31-15-21(38-23)17-6-5-7-19(14-17)32-24-30-12-10-22(33-24)26(27,28)29/h2-16,35H,1H3,(H,30,32,33). The van der Waals surface area contributed by atoms with Crippen LogP contribution < -0.4 is 5.32 Å². The second-order valence-electron chi connectivity index (χ2n) is 8.62. The summed E-state index contributed by atoms with van der Waals surface area (Å²) >= 11 is 1.19. The second-order valence-corrected chi connectivity index (χ2v) is 11.5. The highest BCUT2D eigenvalue weighted by Gasteiger charge is 2.33. The smallest absolute Gasteiger partial charge is 0.378 e. The Morgan fingerprint density at radius 2 is 1.77 bits per heavy atom. The van der Waals surface area contributed by atoms with Crippen LogP contribution in [0.15, 0.2) is 96.4 Å². The largest absolute Gasteiger partial charge is 0.433 e. The topological polar surface area (TPSA) is 110 Å². The molecular formula is C26H20F3N5O3S2. The average molecular weight is 572 g/mol. The summed E-state index contributed by atoms with van der Waals surface area (Å²) in [6.45, 7) is 1.52. The van der Waals surface area contributed by atoms with Crippen molar-refractivity contribution in [3.05, 3.63) is 108 Å². The van der Waals surface area contributed by atoms with Crippen LogP contribution in [0.4, 0.5) is 24.8 Å². The Hall–Kier alpha value is -4.07. The zero-order valence-electron chi connectivity index (χ0n) is 20.2. The summed E-state index contributed by atoms with van der Waals surface area (Å²) < 4.78 is 65.8. The summed E-state index contributed by atoms with van der Waals surface area (Å²) in [7, 11) is -3.83. The monoisotopic (exact) mass is 571 g/mol. The maximum atomic E-state index is 13.0. The first-order chi connectivity index (χ1) is 18.4. The Morgan fingerprint density at radius 3 is 2.51 bits per heavy atom. The van der Waals surface area contributed by atoms with Crippen molar-refractivity contribution in [1.29, 1.82) is 0 Å². The Labute approximate surface area is 225 Å². The zero-order chi connectivity index (χ0) is 27.8. The number of benzene rings is 2. The normalized spacial score (nSPS) is 13.7. The molecule has 5 rings (SSSR count). The Kier molecular flexibility index (Phi) is 6.74. The van der Waals surface area contributed by atoms with Gasteiger partial charge in [-0.3, -0.25) is 0 Å². The van der Waals surface area contributed by atoms with Crippen LogP contribution in [0.3, 0.4) is 0 Å². The lowest BCUT2D eigenvalue weighted by atomic mass is 10.0. The lowest BCUT2D eigenvalue weighted by Crippen LogP contribution is -2.22. The second kappa shape index (κ2) is 9.91. The number of hydrogen-bond donors (Lipinski definition) is 2. The molecule has 0 saturated heterocycles. The summed E-state index contributed by atoms with van der Waals surface area (Å²) in [5.41, 5.74) is -1.18. The van der Waals surface area contributed by atoms with Gasteiger partial charge < -0.3 is 10.4 Å². The molecule has 39 heavy (non-hydrogen) atoms. The highest BCUT2D eigenvalue weighted by molar-refractivity contribution is 7.90. The van der Waals surface area contributed by atoms with E-state index in [0.29, 0.717) is 26.7 Å². The fraction of sp³-hybridized carbons (Fsp3) is 0.115. The summed E-state index contributed by atoms with van der Waals surface area (Å²) in [5, 5.41) is 14.4. The molecule has 0 saturated carbocycles. The number of nitrogens with zero attached hydrogens (tertiary/aromatic N) is 4. The van der Waals surface area contributed by atoms with Crippen molar-refractivity contribution in [2.75, 3.05) is 5.32 Å². The molecule has 1 atom stereocenters. The molecule has 2 aromatic carbocycles. The molecule has 1 unspecified atom stereocenters. The minimum Gasteiger partial charge on any atom is -0.378 e. The summed E-state index contributed by atoms with van der Waals surface area (Å²) in [6, 6.07) is 17.1. The molecule has 0 bridgehead atoms. The molecule has 0 radical (unpaired) electrons. The van der Waals surface area contributed by atoms with Gasteiger partial charge in [-0.1, -0.05) is 30.3 Å². The molecule has 200 valence electrons. The minimum absolute atomic E-state index is 0.118. The first-order valence-electron chi connectivity index (χ1n) is 11.4. The third kappa shape index (κ3) is 5.41. The number of aliphatic hydroxyl groups is 1. The maximum absolute atomic E-state index is 13.0. The Bertz CT molecular complexity index is 1730. The van der Waals surface area contributed by atoms with Crippen LogP contribution in [0.2, 0.25) is 0 Å². The van der Waals surface area contributed by atoms with Gasteiger partial charge in [-0.2, -0.15) is 13.2 Å². The van der Waals surface area contributed by atoms with Gasteiger partial charge in [-0.25, -0.2) is 27.3 Å². The highest BCUT2D eigenvalue weighted by Crippen LogP contribution is 2.37. The molecule has 5 aromatic rings. The van der Waals surface area contributed by atoms with E-state index in [1.807, 2.05) is 0 Å². The number of hydrogen-bond acceptors (Lipinski definition) is 8. The van der Waals surface area contributed by atoms with E-state index in [-0.39, 0.29) is 10.8 Å². The van der Waals surface area contributed by atoms with Crippen molar-refractivity contribution in [1.82, 2.24) is 18.9 Å². The van der Waals surface area contributed by atoms with Gasteiger partial charge in [0.1, 0.15) is 16.3 Å². The fourth-order valence-corrected chi connectivity index (χ4v) is 5.94. The lowest BCUT2D eigenvalue weighted by Gasteiger charge is -2.19. The zero-order valence-corrected chi connectivity index (χ0v) is 21.8. The number of thiazole rings is 1. The van der Waals surface area contributed by atoms with E-state index in [9.17, 15) is 26.7 Å². The van der Waals surface area contributed by atoms with E-state index < -0.39 is 27.5 Å². The molecule has 3 heterocycles. The maximum Gasteiger partial charge on any atom is 0.433 e. The first-order valence-corrected chi connectivity index (χ1v) is 13.7. The van der Waals surface area contributed by atoms with Crippen LogP contribution in [-0.2, 0) is 21.8 Å². The van der Waals surface area contributed by atoms with Crippen molar-refractivity contribution in [3.8, 4) is 10.4 Å². The van der Waals surface area contributed by atoms with Crippen molar-refractivity contribution in [2.24, 2.45) is 0 Å². The van der Waals surface area contributed by atoms with Gasteiger partial charge in [0.25, 0.3) is 10.0 Å². The molecule has 13 heteroatoms. The quantitative estimate of drug-likeness (QED) is 0.260. The van der Waals surface area contributed by atoms with Crippen molar-refractivity contribution in [3.63, 3.8) is 0 Å². The van der Waals surface area contributed by atoms with Gasteiger partial charge in [-0.05, 0) is 48.9 Å². The van der Waals surface area contributed by atoms with E-state index in [4.69, 9.17) is 0 Å². The van der Waals surface area contributed by atoms with Gasteiger partial charge in [0.2, 0.25) is 5.95 Å². The SMILES string of the molecule is CC(O)(c1ccn(S(=O)(=O)c2ccccc2)c1)c1ncc(-c2cccc(Nc3nccc(C(F)(F)F)n3)c2)s1. The van der Waals surface area contributed by atoms with Crippen LogP contribution in [0.5, 0.6) is 0 Å². The molecule has 3 aromatic heterocycles. The Balaban J connectivity index is 1.38. The third-order valence-electron chi connectivity index (χ3n) is 5.82. The third-order valence-corrected chi connectivity index (χ3v) is 8.73. The van der Waals surface area contributed by atoms with Crippen LogP contribution in [0, 0.1) is 0 Å². The molecule has 0 fully saturated rings. The van der Waals surface area contributed by atoms with Crippen molar-refractivity contribution in [2.45, 2.75) is 23.6 Å². The molecule has 0 spiro atoms. The summed E-state index contributed by atoms with van der Waals surface area (Å²) in [5.74, 6) is -0.204. The summed E-state index contributed by atoms with van der Waals surface area (Å²) in [6.07, 6.45) is 0.711. The van der Waals surface area contributed by atoms with E-state index in [1.54, 1.807) is 48.7 Å². The molecule has 0 amide bonds. The predicted molar refractivity (Wildman–Crippen MR) is 140 cm³/mol. The van der Waals surface area contributed by atoms with Crippen LogP contribution in [0.25, 0.3) is 10.4 Å². The Morgan fingerprint density at radius 1 is 1.00 bits per heavy atom. The van der Waals surface area contributed by atoms with Gasteiger partial charge in [0.05, 0.1) is 9.77 Å². The fourth-order valence-electron chi connectivity index (χ4n) is 3.74. The number of nitrogens with one attached hydrogen (secondary N) is 1. The van der Waals surface area contributed by atoms with E-state index in [1.165, 1.54) is 48.9 Å². The average Bonchev–Trinajstić information content (AvgIpc) is 3.61. The van der Waals surface area contributed by atoms with Gasteiger partial charge in [0, 0.05) is 36.0 Å². The first kappa shape index (κ1) is 26.5. The molecule has 0 aliphatic heterocycles. The minimum atomic E-state index is -4.59. The van der Waals surface area contributed by atoms with E-state index in [2.05, 4.69) is 20.3 Å².